The molecule has 0 bridgehead atoms. The molecule has 10 nitrogen and oxygen atoms in total. The van der Waals surface area contributed by atoms with Crippen LogP contribution in [0.1, 0.15) is 96.2 Å². The van der Waals surface area contributed by atoms with Crippen LogP contribution in [0.5, 0.6) is 5.75 Å². The lowest BCUT2D eigenvalue weighted by Gasteiger charge is -2.43. The number of rotatable bonds is 11. The number of hydrogen-bond acceptors (Lipinski definition) is 7. The summed E-state index contributed by atoms with van der Waals surface area (Å²) in [6.07, 6.45) is -0.594. The Bertz CT molecular complexity index is 1650. The molecule has 0 saturated carbocycles. The number of aromatic hydroxyl groups is 1. The van der Waals surface area contributed by atoms with Crippen LogP contribution in [0, 0.1) is 13.8 Å². The zero-order valence-corrected chi connectivity index (χ0v) is 31.9. The number of hydrogen-bond donors (Lipinski definition) is 3. The Kier molecular flexibility index (Phi) is 13.1. The van der Waals surface area contributed by atoms with Crippen molar-refractivity contribution in [1.82, 2.24) is 15.5 Å². The first-order valence-electron chi connectivity index (χ1n) is 17.3. The van der Waals surface area contributed by atoms with E-state index in [0.29, 0.717) is 11.1 Å². The topological polar surface area (TPSA) is 134 Å². The van der Waals surface area contributed by atoms with Gasteiger partial charge in [0.2, 0.25) is 11.8 Å². The summed E-state index contributed by atoms with van der Waals surface area (Å²) in [4.78, 5) is 58.1. The summed E-state index contributed by atoms with van der Waals surface area (Å²) in [5.74, 6) is -1.68. The highest BCUT2D eigenvalue weighted by Gasteiger charge is 2.43. The van der Waals surface area contributed by atoms with Gasteiger partial charge in [0, 0.05) is 18.4 Å². The lowest BCUT2D eigenvalue weighted by Crippen LogP contribution is -2.60. The van der Waals surface area contributed by atoms with Gasteiger partial charge in [0.15, 0.2) is 0 Å². The van der Waals surface area contributed by atoms with E-state index in [0.717, 1.165) is 16.7 Å². The van der Waals surface area contributed by atoms with Crippen LogP contribution < -0.4 is 10.6 Å². The second kappa shape index (κ2) is 16.4. The van der Waals surface area contributed by atoms with E-state index in [4.69, 9.17) is 9.47 Å². The van der Waals surface area contributed by atoms with Gasteiger partial charge >= 0.3 is 12.1 Å². The van der Waals surface area contributed by atoms with Crippen LogP contribution >= 0.6 is 0 Å². The molecule has 0 aliphatic heterocycles. The normalized spacial score (nSPS) is 13.7. The third kappa shape index (κ3) is 12.8. The summed E-state index contributed by atoms with van der Waals surface area (Å²) in [7, 11) is 0. The molecule has 0 heterocycles. The second-order valence-corrected chi connectivity index (χ2v) is 16.1. The van der Waals surface area contributed by atoms with Crippen molar-refractivity contribution in [3.8, 4) is 5.75 Å². The Morgan fingerprint density at radius 3 is 1.71 bits per heavy atom. The van der Waals surface area contributed by atoms with Crippen LogP contribution in [-0.4, -0.2) is 62.7 Å². The van der Waals surface area contributed by atoms with Gasteiger partial charge in [-0.05, 0) is 105 Å². The van der Waals surface area contributed by atoms with Crippen molar-refractivity contribution in [2.24, 2.45) is 0 Å². The molecular formula is C41H55N3O7. The van der Waals surface area contributed by atoms with E-state index >= 15 is 0 Å². The number of carbonyl (C=O) groups excluding carboxylic acids is 4. The number of alkyl carbamates (subject to hydrolysis) is 1. The molecule has 3 N–H and O–H groups in total. The van der Waals surface area contributed by atoms with Crippen molar-refractivity contribution in [3.63, 3.8) is 0 Å². The van der Waals surface area contributed by atoms with E-state index < -0.39 is 58.7 Å². The van der Waals surface area contributed by atoms with Crippen LogP contribution in [0.4, 0.5) is 4.79 Å². The van der Waals surface area contributed by atoms with Gasteiger partial charge in [-0.1, -0.05) is 71.8 Å². The average molecular weight is 702 g/mol. The third-order valence-electron chi connectivity index (χ3n) is 7.68. The molecule has 10 heteroatoms. The maximum Gasteiger partial charge on any atom is 0.408 e. The molecule has 0 saturated heterocycles. The van der Waals surface area contributed by atoms with Gasteiger partial charge in [0.1, 0.15) is 35.1 Å². The molecule has 276 valence electrons. The number of nitrogens with zero attached hydrogens (tertiary/aromatic N) is 1. The fraction of sp³-hybridized carbons (Fsp3) is 0.463. The molecule has 3 atom stereocenters. The summed E-state index contributed by atoms with van der Waals surface area (Å²) in [5, 5.41) is 15.6. The highest BCUT2D eigenvalue weighted by atomic mass is 16.6. The van der Waals surface area contributed by atoms with E-state index in [1.807, 2.05) is 83.1 Å². The maximum absolute atomic E-state index is 15.0. The molecule has 3 aromatic carbocycles. The van der Waals surface area contributed by atoms with Crippen LogP contribution in [-0.2, 0) is 36.7 Å². The number of ether oxygens (including phenoxy) is 2. The molecule has 0 spiro atoms. The van der Waals surface area contributed by atoms with Gasteiger partial charge in [0.05, 0.1) is 0 Å². The number of phenolic OH excluding ortho intramolecular Hbond substituents is 1. The number of nitrogens with one attached hydrogen (secondary N) is 2. The van der Waals surface area contributed by atoms with Gasteiger partial charge in [-0.3, -0.25) is 9.59 Å². The standard InChI is InChI=1S/C41H55N3O7/c1-26-21-27(2)23-30(22-26)34(35(46)42-33(37(48)50-40(6,7)8)25-28-15-13-12-14-16-28)44(39(3,4)5)36(47)32(43-38(49)51-41(9,10)11)24-29-17-19-31(45)20-18-29/h12-23,32-34,45H,24-25H2,1-11H3,(H,42,46)(H,43,49). The minimum absolute atomic E-state index is 0.0423. The number of benzene rings is 3. The lowest BCUT2D eigenvalue weighted by atomic mass is 9.92. The van der Waals surface area contributed by atoms with Crippen LogP contribution in [0.15, 0.2) is 72.8 Å². The van der Waals surface area contributed by atoms with Crippen molar-refractivity contribution < 1.29 is 33.8 Å². The largest absolute Gasteiger partial charge is 0.508 e. The number of phenols is 1. The van der Waals surface area contributed by atoms with Crippen LogP contribution in [0.2, 0.25) is 0 Å². The second-order valence-electron chi connectivity index (χ2n) is 16.1. The Balaban J connectivity index is 2.18. The molecule has 51 heavy (non-hydrogen) atoms. The Labute approximate surface area is 302 Å². The summed E-state index contributed by atoms with van der Waals surface area (Å²) in [6, 6.07) is 17.8. The lowest BCUT2D eigenvalue weighted by molar-refractivity contribution is -0.159. The molecule has 3 aromatic rings. The van der Waals surface area contributed by atoms with Crippen LogP contribution in [0.3, 0.4) is 0 Å². The molecule has 0 fully saturated rings. The van der Waals surface area contributed by atoms with Crippen molar-refractivity contribution in [3.05, 3.63) is 101 Å². The Morgan fingerprint density at radius 1 is 0.686 bits per heavy atom. The van der Waals surface area contributed by atoms with E-state index in [-0.39, 0.29) is 18.6 Å². The SMILES string of the molecule is Cc1cc(C)cc(C(C(=O)NC(Cc2ccccc2)C(=O)OC(C)(C)C)N(C(=O)C(Cc2ccc(O)cc2)NC(=O)OC(C)(C)C)C(C)(C)C)c1. The first kappa shape index (κ1) is 40.6. The predicted molar refractivity (Wildman–Crippen MR) is 198 cm³/mol. The molecule has 0 radical (unpaired) electrons. The molecule has 3 amide bonds. The van der Waals surface area contributed by atoms with Crippen molar-refractivity contribution in [1.29, 1.82) is 0 Å². The van der Waals surface area contributed by atoms with E-state index in [1.165, 1.54) is 17.0 Å². The highest BCUT2D eigenvalue weighted by molar-refractivity contribution is 5.94. The van der Waals surface area contributed by atoms with Crippen LogP contribution in [0.25, 0.3) is 0 Å². The molecule has 0 aromatic heterocycles. The predicted octanol–water partition coefficient (Wildman–Crippen LogP) is 6.88. The van der Waals surface area contributed by atoms with Crippen molar-refractivity contribution in [2.75, 3.05) is 0 Å². The fourth-order valence-corrected chi connectivity index (χ4v) is 5.78. The summed E-state index contributed by atoms with van der Waals surface area (Å²) in [6.45, 7) is 19.7. The summed E-state index contributed by atoms with van der Waals surface area (Å²) in [5.41, 5.74) is 1.15. The molecule has 3 rings (SSSR count). The van der Waals surface area contributed by atoms with E-state index in [9.17, 15) is 24.3 Å². The van der Waals surface area contributed by atoms with Crippen molar-refractivity contribution in [2.45, 2.75) is 124 Å². The van der Waals surface area contributed by atoms with Gasteiger partial charge in [-0.2, -0.15) is 0 Å². The van der Waals surface area contributed by atoms with Crippen molar-refractivity contribution >= 4 is 23.9 Å². The number of esters is 1. The minimum atomic E-state index is -1.22. The fourth-order valence-electron chi connectivity index (χ4n) is 5.78. The van der Waals surface area contributed by atoms with Gasteiger partial charge in [0.25, 0.3) is 0 Å². The van der Waals surface area contributed by atoms with E-state index in [1.54, 1.807) is 53.7 Å². The smallest absolute Gasteiger partial charge is 0.408 e. The molecular weight excluding hydrogens is 646 g/mol. The monoisotopic (exact) mass is 701 g/mol. The van der Waals surface area contributed by atoms with Gasteiger partial charge in [-0.15, -0.1) is 0 Å². The summed E-state index contributed by atoms with van der Waals surface area (Å²) < 4.78 is 11.3. The summed E-state index contributed by atoms with van der Waals surface area (Å²) >= 11 is 0. The number of amides is 3. The van der Waals surface area contributed by atoms with Gasteiger partial charge < -0.3 is 30.1 Å². The first-order chi connectivity index (χ1) is 23.5. The highest BCUT2D eigenvalue weighted by Crippen LogP contribution is 2.32. The Morgan fingerprint density at radius 2 is 1.20 bits per heavy atom. The van der Waals surface area contributed by atoms with Gasteiger partial charge in [-0.25, -0.2) is 9.59 Å². The first-order valence-corrected chi connectivity index (χ1v) is 17.3. The minimum Gasteiger partial charge on any atom is -0.508 e. The number of carbonyl (C=O) groups is 4. The zero-order chi connectivity index (χ0) is 38.3. The molecule has 0 aliphatic rings. The average Bonchev–Trinajstić information content (AvgIpc) is 2.97. The zero-order valence-electron chi connectivity index (χ0n) is 31.9. The number of aryl methyl sites for hydroxylation is 2. The quantitative estimate of drug-likeness (QED) is 0.186. The molecule has 0 aliphatic carbocycles. The Hall–Kier alpha value is -4.86. The molecule has 3 unspecified atom stereocenters. The third-order valence-corrected chi connectivity index (χ3v) is 7.68. The maximum atomic E-state index is 15.0. The van der Waals surface area contributed by atoms with E-state index in [2.05, 4.69) is 10.6 Å².